The van der Waals surface area contributed by atoms with E-state index in [1.807, 2.05) is 37.3 Å². The van der Waals surface area contributed by atoms with Gasteiger partial charge in [-0.2, -0.15) is 0 Å². The molecule has 4 nitrogen and oxygen atoms in total. The minimum absolute atomic E-state index is 0.0533. The van der Waals surface area contributed by atoms with Gasteiger partial charge in [-0.3, -0.25) is 9.59 Å². The second-order valence-electron chi connectivity index (χ2n) is 5.12. The molecular formula is C15H15NO3S. The molecule has 3 rings (SSSR count). The van der Waals surface area contributed by atoms with Crippen LogP contribution in [0, 0.1) is 5.92 Å². The van der Waals surface area contributed by atoms with Crippen LogP contribution in [0.4, 0.5) is 0 Å². The van der Waals surface area contributed by atoms with Crippen LogP contribution in [0.3, 0.4) is 0 Å². The van der Waals surface area contributed by atoms with Crippen LogP contribution in [-0.2, 0) is 4.79 Å². The Morgan fingerprint density at radius 1 is 1.35 bits per heavy atom. The van der Waals surface area contributed by atoms with Gasteiger partial charge in [0.1, 0.15) is 0 Å². The lowest BCUT2D eigenvalue weighted by Crippen LogP contribution is -2.37. The number of thiophene rings is 1. The number of nitrogens with zero attached hydrogens (tertiary/aromatic N) is 1. The Hall–Kier alpha value is -1.88. The van der Waals surface area contributed by atoms with Crippen molar-refractivity contribution >= 4 is 33.3 Å². The highest BCUT2D eigenvalue weighted by atomic mass is 32.1. The highest BCUT2D eigenvalue weighted by Crippen LogP contribution is 2.30. The fraction of sp³-hybridized carbons (Fsp3) is 0.333. The van der Waals surface area contributed by atoms with E-state index in [9.17, 15) is 9.59 Å². The van der Waals surface area contributed by atoms with Crippen LogP contribution in [-0.4, -0.2) is 34.5 Å². The summed E-state index contributed by atoms with van der Waals surface area (Å²) in [7, 11) is 0. The number of carbonyl (C=O) groups excluding carboxylic acids is 1. The predicted octanol–water partition coefficient (Wildman–Crippen LogP) is 2.84. The largest absolute Gasteiger partial charge is 0.481 e. The van der Waals surface area contributed by atoms with E-state index >= 15 is 0 Å². The summed E-state index contributed by atoms with van der Waals surface area (Å²) in [5.74, 6) is -1.32. The zero-order valence-corrected chi connectivity index (χ0v) is 11.9. The molecule has 104 valence electrons. The number of rotatable bonds is 2. The second kappa shape index (κ2) is 4.90. The summed E-state index contributed by atoms with van der Waals surface area (Å²) in [6, 6.07) is 9.52. The van der Waals surface area contributed by atoms with Crippen LogP contribution in [0.1, 0.15) is 23.0 Å². The molecular weight excluding hydrogens is 274 g/mol. The molecule has 5 heteroatoms. The molecule has 1 saturated heterocycles. The molecule has 1 fully saturated rings. The summed E-state index contributed by atoms with van der Waals surface area (Å²) >= 11 is 1.47. The lowest BCUT2D eigenvalue weighted by Gasteiger charge is -2.22. The van der Waals surface area contributed by atoms with Gasteiger partial charge in [0.25, 0.3) is 5.91 Å². The molecule has 0 aliphatic carbocycles. The lowest BCUT2D eigenvalue weighted by atomic mass is 10.0. The van der Waals surface area contributed by atoms with E-state index in [0.29, 0.717) is 17.8 Å². The molecule has 20 heavy (non-hydrogen) atoms. The van der Waals surface area contributed by atoms with Crippen LogP contribution >= 0.6 is 11.3 Å². The van der Waals surface area contributed by atoms with E-state index < -0.39 is 11.9 Å². The highest BCUT2D eigenvalue weighted by Gasteiger charge is 2.38. The summed E-state index contributed by atoms with van der Waals surface area (Å²) < 4.78 is 1.08. The third-order valence-electron chi connectivity index (χ3n) is 3.97. The summed E-state index contributed by atoms with van der Waals surface area (Å²) in [4.78, 5) is 26.0. The van der Waals surface area contributed by atoms with Crippen molar-refractivity contribution in [1.82, 2.24) is 4.90 Å². The number of hydrogen-bond acceptors (Lipinski definition) is 3. The van der Waals surface area contributed by atoms with E-state index in [0.717, 1.165) is 10.1 Å². The van der Waals surface area contributed by atoms with Crippen molar-refractivity contribution in [3.8, 4) is 0 Å². The number of benzene rings is 1. The number of carboxylic acid groups (broad SMARTS) is 1. The van der Waals surface area contributed by atoms with Gasteiger partial charge in [-0.15, -0.1) is 11.3 Å². The Labute approximate surface area is 120 Å². The lowest BCUT2D eigenvalue weighted by molar-refractivity contribution is -0.142. The summed E-state index contributed by atoms with van der Waals surface area (Å²) in [6.07, 6.45) is 0.535. The molecule has 2 unspecified atom stereocenters. The van der Waals surface area contributed by atoms with E-state index in [1.54, 1.807) is 4.90 Å². The Balaban J connectivity index is 1.87. The minimum Gasteiger partial charge on any atom is -0.481 e. The van der Waals surface area contributed by atoms with Gasteiger partial charge in [0.2, 0.25) is 0 Å². The first-order chi connectivity index (χ1) is 9.58. The van der Waals surface area contributed by atoms with Crippen LogP contribution in [0.2, 0.25) is 0 Å². The maximum Gasteiger partial charge on any atom is 0.308 e. The predicted molar refractivity (Wildman–Crippen MR) is 78.1 cm³/mol. The second-order valence-corrected chi connectivity index (χ2v) is 6.20. The van der Waals surface area contributed by atoms with Gasteiger partial charge in [0, 0.05) is 17.3 Å². The summed E-state index contributed by atoms with van der Waals surface area (Å²) in [6.45, 7) is 2.34. The quantitative estimate of drug-likeness (QED) is 0.925. The van der Waals surface area contributed by atoms with E-state index in [2.05, 4.69) is 0 Å². The topological polar surface area (TPSA) is 57.6 Å². The molecule has 0 bridgehead atoms. The van der Waals surface area contributed by atoms with E-state index in [1.165, 1.54) is 11.3 Å². The number of carbonyl (C=O) groups is 2. The minimum atomic E-state index is -0.816. The SMILES string of the molecule is CC1C(C(=O)O)CCN1C(=O)c1cc2ccccc2s1. The molecule has 2 atom stereocenters. The highest BCUT2D eigenvalue weighted by molar-refractivity contribution is 7.20. The average molecular weight is 289 g/mol. The van der Waals surface area contributed by atoms with Crippen LogP contribution < -0.4 is 0 Å². The molecule has 2 aromatic rings. The Kier molecular flexibility index (Phi) is 3.22. The first kappa shape index (κ1) is 13.1. The van der Waals surface area contributed by atoms with E-state index in [-0.39, 0.29) is 11.9 Å². The van der Waals surface area contributed by atoms with Crippen molar-refractivity contribution in [2.75, 3.05) is 6.54 Å². The van der Waals surface area contributed by atoms with Crippen LogP contribution in [0.5, 0.6) is 0 Å². The average Bonchev–Trinajstić information content (AvgIpc) is 3.01. The Morgan fingerprint density at radius 2 is 2.10 bits per heavy atom. The number of fused-ring (bicyclic) bond motifs is 1. The first-order valence-electron chi connectivity index (χ1n) is 6.60. The molecule has 0 radical (unpaired) electrons. The molecule has 0 spiro atoms. The third kappa shape index (κ3) is 2.08. The monoisotopic (exact) mass is 289 g/mol. The van der Waals surface area contributed by atoms with Crippen molar-refractivity contribution in [2.24, 2.45) is 5.92 Å². The Bertz CT molecular complexity index is 646. The third-order valence-corrected chi connectivity index (χ3v) is 5.07. The molecule has 2 heterocycles. The fourth-order valence-corrected chi connectivity index (χ4v) is 3.80. The summed E-state index contributed by atoms with van der Waals surface area (Å²) in [5.41, 5.74) is 0. The maximum absolute atomic E-state index is 12.5. The van der Waals surface area contributed by atoms with Gasteiger partial charge in [-0.25, -0.2) is 0 Å². The molecule has 1 aliphatic rings. The van der Waals surface area contributed by atoms with Crippen LogP contribution in [0.15, 0.2) is 30.3 Å². The van der Waals surface area contributed by atoms with Gasteiger partial charge >= 0.3 is 5.97 Å². The molecule has 1 amide bonds. The zero-order chi connectivity index (χ0) is 14.3. The zero-order valence-electron chi connectivity index (χ0n) is 11.1. The van der Waals surface area contributed by atoms with Crippen molar-refractivity contribution in [2.45, 2.75) is 19.4 Å². The first-order valence-corrected chi connectivity index (χ1v) is 7.42. The molecule has 0 saturated carbocycles. The Morgan fingerprint density at radius 3 is 2.75 bits per heavy atom. The number of likely N-dealkylation sites (tertiary alicyclic amines) is 1. The normalized spacial score (nSPS) is 22.4. The maximum atomic E-state index is 12.5. The van der Waals surface area contributed by atoms with Gasteiger partial charge in [-0.1, -0.05) is 18.2 Å². The van der Waals surface area contributed by atoms with Gasteiger partial charge in [-0.05, 0) is 30.9 Å². The smallest absolute Gasteiger partial charge is 0.308 e. The van der Waals surface area contributed by atoms with Crippen molar-refractivity contribution in [3.05, 3.63) is 35.2 Å². The van der Waals surface area contributed by atoms with Crippen molar-refractivity contribution in [3.63, 3.8) is 0 Å². The number of hydrogen-bond donors (Lipinski definition) is 1. The molecule has 1 aliphatic heterocycles. The number of carboxylic acids is 1. The fourth-order valence-electron chi connectivity index (χ4n) is 2.79. The number of amides is 1. The van der Waals surface area contributed by atoms with Gasteiger partial charge < -0.3 is 10.0 Å². The van der Waals surface area contributed by atoms with Gasteiger partial charge in [0.15, 0.2) is 0 Å². The van der Waals surface area contributed by atoms with Gasteiger partial charge in [0.05, 0.1) is 10.8 Å². The van der Waals surface area contributed by atoms with Crippen molar-refractivity contribution in [1.29, 1.82) is 0 Å². The van der Waals surface area contributed by atoms with E-state index in [4.69, 9.17) is 5.11 Å². The summed E-state index contributed by atoms with van der Waals surface area (Å²) in [5, 5.41) is 10.2. The number of aliphatic carboxylic acids is 1. The standard InChI is InChI=1S/C15H15NO3S/c1-9-11(15(18)19)6-7-16(9)14(17)13-8-10-4-2-3-5-12(10)20-13/h2-5,8-9,11H,6-7H2,1H3,(H,18,19). The molecule has 1 aromatic carbocycles. The molecule has 1 aromatic heterocycles. The molecule has 1 N–H and O–H groups in total. The van der Waals surface area contributed by atoms with Crippen molar-refractivity contribution < 1.29 is 14.7 Å². The van der Waals surface area contributed by atoms with Crippen LogP contribution in [0.25, 0.3) is 10.1 Å².